The fourth-order valence-corrected chi connectivity index (χ4v) is 5.46. The molecule has 0 fully saturated rings. The third-order valence-electron chi connectivity index (χ3n) is 7.89. The highest BCUT2D eigenvalue weighted by atomic mass is 35.5. The normalized spacial score (nSPS) is 17.4. The molecule has 41 heavy (non-hydrogen) atoms. The number of alkyl halides is 3. The second kappa shape index (κ2) is 10.9. The van der Waals surface area contributed by atoms with Crippen LogP contribution in [0.2, 0.25) is 0 Å². The van der Waals surface area contributed by atoms with Crippen molar-refractivity contribution in [1.29, 1.82) is 0 Å². The van der Waals surface area contributed by atoms with Gasteiger partial charge in [-0.25, -0.2) is 9.69 Å². The maximum absolute atomic E-state index is 15.1. The van der Waals surface area contributed by atoms with Gasteiger partial charge in [-0.3, -0.25) is 4.84 Å². The molecule has 1 heterocycles. The summed E-state index contributed by atoms with van der Waals surface area (Å²) in [7, 11) is 0. The van der Waals surface area contributed by atoms with Crippen molar-refractivity contribution in [2.75, 3.05) is 0 Å². The first-order valence-corrected chi connectivity index (χ1v) is 13.3. The number of hydrogen-bond donors (Lipinski definition) is 0. The predicted octanol–water partition coefficient (Wildman–Crippen LogP) is 8.30. The molecule has 4 rings (SSSR count). The number of hydrogen-bond acceptors (Lipinski definition) is 5. The van der Waals surface area contributed by atoms with E-state index in [0.29, 0.717) is 27.2 Å². The fraction of sp³-hybridized carbons (Fsp3) is 0.323. The zero-order valence-corrected chi connectivity index (χ0v) is 24.9. The molecule has 1 aliphatic rings. The van der Waals surface area contributed by atoms with E-state index in [1.54, 1.807) is 19.9 Å². The lowest BCUT2D eigenvalue weighted by molar-refractivity contribution is -0.311. The molecule has 0 saturated heterocycles. The van der Waals surface area contributed by atoms with E-state index in [-0.39, 0.29) is 16.6 Å². The summed E-state index contributed by atoms with van der Waals surface area (Å²) in [6, 6.07) is 10.7. The SMILES string of the molecule is Cc1cc(C)c(C)c(C(Cl)=NOC(=O)N2C(c3c(C)c(C)cc(C)c3C)=NOC2(c2ccccc2)C(F)(F)F)c1C. The highest BCUT2D eigenvalue weighted by molar-refractivity contribution is 6.69. The number of carbonyl (C=O) groups is 1. The lowest BCUT2D eigenvalue weighted by Gasteiger charge is -2.36. The maximum atomic E-state index is 15.1. The van der Waals surface area contributed by atoms with Crippen LogP contribution in [-0.2, 0) is 15.4 Å². The van der Waals surface area contributed by atoms with Crippen molar-refractivity contribution < 1.29 is 27.6 Å². The van der Waals surface area contributed by atoms with Gasteiger partial charge in [0.25, 0.3) is 0 Å². The lowest BCUT2D eigenvalue weighted by atomic mass is 9.92. The van der Waals surface area contributed by atoms with E-state index < -0.39 is 18.0 Å². The van der Waals surface area contributed by atoms with Crippen LogP contribution in [0.3, 0.4) is 0 Å². The molecule has 0 saturated carbocycles. The van der Waals surface area contributed by atoms with Gasteiger partial charge in [-0.2, -0.15) is 13.2 Å². The monoisotopic (exact) mass is 585 g/mol. The van der Waals surface area contributed by atoms with Crippen molar-refractivity contribution in [2.45, 2.75) is 67.3 Å². The number of amidine groups is 1. The van der Waals surface area contributed by atoms with Crippen LogP contribution in [0.25, 0.3) is 0 Å². The van der Waals surface area contributed by atoms with E-state index in [0.717, 1.165) is 33.4 Å². The van der Waals surface area contributed by atoms with Crippen molar-refractivity contribution in [3.63, 3.8) is 0 Å². The van der Waals surface area contributed by atoms with Gasteiger partial charge in [-0.05, 0) is 99.9 Å². The minimum Gasteiger partial charge on any atom is -0.349 e. The highest BCUT2D eigenvalue weighted by Crippen LogP contribution is 2.49. The molecule has 3 aromatic rings. The van der Waals surface area contributed by atoms with E-state index in [4.69, 9.17) is 21.3 Å². The first-order chi connectivity index (χ1) is 19.1. The average molecular weight is 586 g/mol. The summed E-state index contributed by atoms with van der Waals surface area (Å²) in [5.41, 5.74) is 3.58. The van der Waals surface area contributed by atoms with E-state index in [1.807, 2.05) is 53.7 Å². The molecule has 1 aliphatic heterocycles. The molecule has 0 aromatic heterocycles. The Bertz CT molecular complexity index is 1550. The van der Waals surface area contributed by atoms with Gasteiger partial charge in [0.05, 0.1) is 0 Å². The number of amides is 1. The van der Waals surface area contributed by atoms with Gasteiger partial charge in [-0.1, -0.05) is 64.4 Å². The number of benzene rings is 3. The van der Waals surface area contributed by atoms with Crippen molar-refractivity contribution in [2.24, 2.45) is 10.3 Å². The minimum absolute atomic E-state index is 0.171. The Labute approximate surface area is 242 Å². The second-order valence-electron chi connectivity index (χ2n) is 10.4. The van der Waals surface area contributed by atoms with Crippen LogP contribution in [-0.4, -0.2) is 28.2 Å². The van der Waals surface area contributed by atoms with Crippen molar-refractivity contribution >= 4 is 28.7 Å². The van der Waals surface area contributed by atoms with Crippen LogP contribution in [0, 0.1) is 55.4 Å². The van der Waals surface area contributed by atoms with E-state index in [2.05, 4.69) is 10.3 Å². The number of nitrogens with zero attached hydrogens (tertiary/aromatic N) is 3. The van der Waals surface area contributed by atoms with Crippen molar-refractivity contribution in [1.82, 2.24) is 4.90 Å². The smallest absolute Gasteiger partial charge is 0.349 e. The molecule has 6 nitrogen and oxygen atoms in total. The largest absolute Gasteiger partial charge is 0.456 e. The Morgan fingerprint density at radius 1 is 0.878 bits per heavy atom. The lowest BCUT2D eigenvalue weighted by Crippen LogP contribution is -2.58. The quantitative estimate of drug-likeness (QED) is 0.176. The predicted molar refractivity (Wildman–Crippen MR) is 153 cm³/mol. The summed E-state index contributed by atoms with van der Waals surface area (Å²) in [6.45, 7) is 14.6. The van der Waals surface area contributed by atoms with Gasteiger partial charge >= 0.3 is 18.0 Å². The second-order valence-corrected chi connectivity index (χ2v) is 10.7. The summed E-state index contributed by atoms with van der Waals surface area (Å²) in [5, 5.41) is 7.52. The van der Waals surface area contributed by atoms with Crippen LogP contribution in [0.1, 0.15) is 61.2 Å². The number of rotatable bonds is 4. The van der Waals surface area contributed by atoms with Gasteiger partial charge in [0.1, 0.15) is 0 Å². The molecule has 0 radical (unpaired) electrons. The van der Waals surface area contributed by atoms with Crippen LogP contribution >= 0.6 is 11.6 Å². The van der Waals surface area contributed by atoms with Crippen molar-refractivity contribution in [3.8, 4) is 0 Å². The Hall–Kier alpha value is -3.85. The zero-order valence-electron chi connectivity index (χ0n) is 24.1. The minimum atomic E-state index is -5.13. The Kier molecular flexibility index (Phi) is 7.97. The Morgan fingerprint density at radius 2 is 1.37 bits per heavy atom. The van der Waals surface area contributed by atoms with Crippen LogP contribution in [0.5, 0.6) is 0 Å². The van der Waals surface area contributed by atoms with Crippen LogP contribution in [0.4, 0.5) is 18.0 Å². The fourth-order valence-electron chi connectivity index (χ4n) is 5.14. The third-order valence-corrected chi connectivity index (χ3v) is 8.15. The molecule has 216 valence electrons. The van der Waals surface area contributed by atoms with Crippen LogP contribution < -0.4 is 0 Å². The molecular weight excluding hydrogens is 555 g/mol. The molecule has 1 atom stereocenters. The Morgan fingerprint density at radius 3 is 1.85 bits per heavy atom. The molecule has 3 aromatic carbocycles. The van der Waals surface area contributed by atoms with E-state index in [9.17, 15) is 4.79 Å². The molecular formula is C31H31ClF3N3O3. The molecule has 1 amide bonds. The summed E-state index contributed by atoms with van der Waals surface area (Å²) < 4.78 is 45.3. The van der Waals surface area contributed by atoms with Crippen LogP contribution in [0.15, 0.2) is 52.8 Å². The first kappa shape index (κ1) is 30.1. The van der Waals surface area contributed by atoms with Gasteiger partial charge < -0.3 is 4.84 Å². The molecule has 0 aliphatic carbocycles. The highest BCUT2D eigenvalue weighted by Gasteiger charge is 2.70. The standard InChI is InChI=1S/C31H31ClF3N3O3/c1-16-14-17(2)21(6)25(20(16)5)27(32)36-40-29(39)38-28(26-22(7)18(3)15-19(4)23(26)8)37-41-30(38,31(33,34)35)24-12-10-9-11-13-24/h9-15H,1-8H3. The summed E-state index contributed by atoms with van der Waals surface area (Å²) in [4.78, 5) is 24.6. The Balaban J connectivity index is 1.91. The summed E-state index contributed by atoms with van der Waals surface area (Å²) >= 11 is 6.51. The maximum Gasteiger partial charge on any atom is 0.456 e. The number of carbonyl (C=O) groups excluding carboxylic acids is 1. The zero-order chi connectivity index (χ0) is 30.4. The molecule has 0 N–H and O–H groups in total. The number of oxime groups is 2. The van der Waals surface area contributed by atoms with E-state index >= 15 is 13.2 Å². The first-order valence-electron chi connectivity index (χ1n) is 12.9. The molecule has 0 bridgehead atoms. The summed E-state index contributed by atoms with van der Waals surface area (Å²) in [6.07, 6.45) is -6.59. The van der Waals surface area contributed by atoms with Crippen molar-refractivity contribution in [3.05, 3.63) is 104 Å². The topological polar surface area (TPSA) is 63.5 Å². The van der Waals surface area contributed by atoms with E-state index in [1.165, 1.54) is 24.3 Å². The molecule has 0 spiro atoms. The van der Waals surface area contributed by atoms with Gasteiger partial charge in [0.15, 0.2) is 11.0 Å². The molecule has 1 unspecified atom stereocenters. The number of aryl methyl sites for hydroxylation is 4. The van der Waals surface area contributed by atoms with Gasteiger partial charge in [0.2, 0.25) is 0 Å². The number of halogens is 4. The van der Waals surface area contributed by atoms with Gasteiger partial charge in [0, 0.05) is 16.7 Å². The molecule has 10 heteroatoms. The summed E-state index contributed by atoms with van der Waals surface area (Å²) in [5.74, 6) is -0.344. The van der Waals surface area contributed by atoms with Gasteiger partial charge in [-0.15, -0.1) is 0 Å². The third kappa shape index (κ3) is 4.96. The average Bonchev–Trinajstić information content (AvgIpc) is 3.32.